The van der Waals surface area contributed by atoms with Gasteiger partial charge in [0.15, 0.2) is 0 Å². The minimum atomic E-state index is -0.465. The summed E-state index contributed by atoms with van der Waals surface area (Å²) in [5.41, 5.74) is 2.56. The fraction of sp³-hybridized carbons (Fsp3) is 0.525. The predicted octanol–water partition coefficient (Wildman–Crippen LogP) is 7.80. The number of amides is 2. The topological polar surface area (TPSA) is 87.2 Å². The van der Waals surface area contributed by atoms with Gasteiger partial charge in [0.25, 0.3) is 0 Å². The first-order chi connectivity index (χ1) is 24.6. The number of piperidine rings is 1. The highest BCUT2D eigenvalue weighted by Gasteiger charge is 2.23. The molecule has 2 aliphatic heterocycles. The van der Waals surface area contributed by atoms with Crippen molar-refractivity contribution in [2.24, 2.45) is 5.92 Å². The van der Waals surface area contributed by atoms with Crippen molar-refractivity contribution < 1.29 is 23.5 Å². The number of ether oxygens (including phenoxy) is 2. The molecule has 2 saturated heterocycles. The van der Waals surface area contributed by atoms with Gasteiger partial charge in [-0.15, -0.1) is 0 Å². The van der Waals surface area contributed by atoms with E-state index in [9.17, 15) is 14.0 Å². The number of aromatic nitrogens is 1. The number of hydrogen-bond donors (Lipinski definition) is 1. The number of nitrogens with zero attached hydrogens (tertiary/aromatic N) is 4. The van der Waals surface area contributed by atoms with Crippen molar-refractivity contribution in [2.45, 2.75) is 88.8 Å². The third kappa shape index (κ3) is 13.4. The van der Waals surface area contributed by atoms with E-state index in [1.54, 1.807) is 17.0 Å². The normalized spacial score (nSPS) is 18.0. The molecule has 0 atom stereocenters. The van der Waals surface area contributed by atoms with Gasteiger partial charge in [0.1, 0.15) is 17.2 Å². The number of halogens is 1. The van der Waals surface area contributed by atoms with E-state index in [0.29, 0.717) is 13.1 Å². The van der Waals surface area contributed by atoms with Gasteiger partial charge in [-0.2, -0.15) is 0 Å². The number of rotatable bonds is 10. The summed E-state index contributed by atoms with van der Waals surface area (Å²) in [6, 6.07) is 19.4. The van der Waals surface area contributed by atoms with Crippen molar-refractivity contribution >= 4 is 24.5 Å². The minimum absolute atomic E-state index is 0.117. The van der Waals surface area contributed by atoms with Crippen molar-refractivity contribution in [3.8, 4) is 17.0 Å². The number of hydrogen-bond acceptors (Lipinski definition) is 8. The molecule has 11 heteroatoms. The zero-order valence-electron chi connectivity index (χ0n) is 30.4. The second kappa shape index (κ2) is 19.2. The first-order valence-electron chi connectivity index (χ1n) is 18.4. The van der Waals surface area contributed by atoms with E-state index in [2.05, 4.69) is 49.8 Å². The molecule has 1 N–H and O–H groups in total. The van der Waals surface area contributed by atoms with E-state index in [-0.39, 0.29) is 18.0 Å². The summed E-state index contributed by atoms with van der Waals surface area (Å²) in [7, 11) is 0. The Balaban J connectivity index is 0.000000265. The van der Waals surface area contributed by atoms with Crippen molar-refractivity contribution in [1.29, 1.82) is 0 Å². The van der Waals surface area contributed by atoms with Gasteiger partial charge in [-0.05, 0) is 124 Å². The average molecular weight is 720 g/mol. The number of benzene rings is 2. The minimum Gasteiger partial charge on any atom is -0.493 e. The second-order valence-electron chi connectivity index (χ2n) is 14.7. The van der Waals surface area contributed by atoms with E-state index in [4.69, 9.17) is 9.47 Å². The fourth-order valence-electron chi connectivity index (χ4n) is 6.48. The molecule has 0 spiro atoms. The van der Waals surface area contributed by atoms with E-state index < -0.39 is 5.60 Å². The zero-order valence-corrected chi connectivity index (χ0v) is 31.2. The van der Waals surface area contributed by atoms with Gasteiger partial charge >= 0.3 is 6.09 Å². The van der Waals surface area contributed by atoms with Gasteiger partial charge in [-0.3, -0.25) is 14.7 Å². The van der Waals surface area contributed by atoms with Crippen molar-refractivity contribution in [2.75, 3.05) is 45.9 Å². The molecule has 9 nitrogen and oxygen atoms in total. The highest BCUT2D eigenvalue weighted by Crippen LogP contribution is 2.28. The molecule has 3 aromatic rings. The maximum absolute atomic E-state index is 13.1. The quantitative estimate of drug-likeness (QED) is 0.168. The Bertz CT molecular complexity index is 1480. The van der Waals surface area contributed by atoms with Gasteiger partial charge in [0.2, 0.25) is 6.41 Å². The number of likely N-dealkylation sites (tertiary alicyclic amines) is 1. The molecule has 51 heavy (non-hydrogen) atoms. The van der Waals surface area contributed by atoms with Gasteiger partial charge in [0.05, 0.1) is 12.3 Å². The summed E-state index contributed by atoms with van der Waals surface area (Å²) in [5, 5.41) is 2.82. The number of carbonyl (C=O) groups is 2. The lowest BCUT2D eigenvalue weighted by molar-refractivity contribution is -0.119. The maximum Gasteiger partial charge on any atom is 0.407 e. The SMILES string of the molecule is CC(C)(C)OC(=O)NC1CCN(C=O)CC1.Fc1ccc(-c2ccc(CN3CCN(Sc4ccc(OCC5CCCCC5)cc4)CC3)cn2)cc1. The largest absolute Gasteiger partial charge is 0.493 e. The van der Waals surface area contributed by atoms with Crippen LogP contribution >= 0.6 is 11.9 Å². The summed E-state index contributed by atoms with van der Waals surface area (Å²) in [6.45, 7) is 12.8. The molecule has 2 aromatic carbocycles. The van der Waals surface area contributed by atoms with Crippen LogP contribution in [0, 0.1) is 11.7 Å². The second-order valence-corrected chi connectivity index (χ2v) is 15.9. The highest BCUT2D eigenvalue weighted by atomic mass is 32.2. The number of alkyl carbamates (subject to hydrolysis) is 1. The van der Waals surface area contributed by atoms with Crippen molar-refractivity contribution in [3.63, 3.8) is 0 Å². The Labute approximate surface area is 307 Å². The Morgan fingerprint density at radius 3 is 2.20 bits per heavy atom. The molecule has 1 aromatic heterocycles. The Morgan fingerprint density at radius 2 is 1.59 bits per heavy atom. The molecule has 0 bridgehead atoms. The van der Waals surface area contributed by atoms with Crippen LogP contribution in [0.2, 0.25) is 0 Å². The first-order valence-corrected chi connectivity index (χ1v) is 19.2. The van der Waals surface area contributed by atoms with Crippen LogP contribution in [0.25, 0.3) is 11.3 Å². The lowest BCUT2D eigenvalue weighted by atomic mass is 9.90. The van der Waals surface area contributed by atoms with Crippen molar-refractivity contribution in [3.05, 3.63) is 78.2 Å². The maximum atomic E-state index is 13.1. The van der Waals surface area contributed by atoms with E-state index in [0.717, 1.165) is 81.5 Å². The number of nitrogens with one attached hydrogen (secondary N) is 1. The molecule has 2 amide bonds. The van der Waals surface area contributed by atoms with Crippen LogP contribution in [0.5, 0.6) is 5.75 Å². The van der Waals surface area contributed by atoms with Gasteiger partial charge < -0.3 is 19.7 Å². The van der Waals surface area contributed by atoms with Gasteiger partial charge in [-0.25, -0.2) is 13.5 Å². The molecule has 1 aliphatic carbocycles. The molecule has 1 saturated carbocycles. The predicted molar refractivity (Wildman–Crippen MR) is 201 cm³/mol. The highest BCUT2D eigenvalue weighted by molar-refractivity contribution is 7.97. The smallest absolute Gasteiger partial charge is 0.407 e. The van der Waals surface area contributed by atoms with Gasteiger partial charge in [0, 0.05) is 68.5 Å². The van der Waals surface area contributed by atoms with Crippen LogP contribution in [0.15, 0.2) is 71.8 Å². The molecular formula is C40H54FN5O4S. The van der Waals surface area contributed by atoms with E-state index >= 15 is 0 Å². The van der Waals surface area contributed by atoms with E-state index in [1.165, 1.54) is 54.7 Å². The van der Waals surface area contributed by atoms with Crippen molar-refractivity contribution in [1.82, 2.24) is 24.4 Å². The fourth-order valence-corrected chi connectivity index (χ4v) is 7.39. The summed E-state index contributed by atoms with van der Waals surface area (Å²) in [6.07, 6.45) is 10.7. The summed E-state index contributed by atoms with van der Waals surface area (Å²) >= 11 is 1.84. The summed E-state index contributed by atoms with van der Waals surface area (Å²) < 4.78 is 26.8. The standard InChI is InChI=1S/C29H34FN3OS.C11H20N2O3/c30-26-9-7-25(8-10-26)29-15-6-24(20-31-29)21-32-16-18-33(19-17-32)35-28-13-11-27(12-14-28)34-22-23-4-2-1-3-5-23;1-11(2,3)16-10(15)12-9-4-6-13(8-14)7-5-9/h6-15,20,23H,1-5,16-19,21-22H2;8-9H,4-7H2,1-3H3,(H,12,15). The number of carbonyl (C=O) groups excluding carboxylic acids is 2. The summed E-state index contributed by atoms with van der Waals surface area (Å²) in [5.74, 6) is 1.50. The van der Waals surface area contributed by atoms with Crippen LogP contribution in [0.1, 0.15) is 71.3 Å². The van der Waals surface area contributed by atoms with Crippen LogP contribution in [-0.4, -0.2) is 89.1 Å². The molecule has 0 radical (unpaired) electrons. The lowest BCUT2D eigenvalue weighted by Crippen LogP contribution is -2.45. The lowest BCUT2D eigenvalue weighted by Gasteiger charge is -2.33. The molecule has 3 aliphatic rings. The molecule has 3 heterocycles. The monoisotopic (exact) mass is 719 g/mol. The molecular weight excluding hydrogens is 666 g/mol. The van der Waals surface area contributed by atoms with Crippen LogP contribution in [-0.2, 0) is 16.1 Å². The number of pyridine rings is 1. The Morgan fingerprint density at radius 1 is 0.902 bits per heavy atom. The third-order valence-corrected chi connectivity index (χ3v) is 10.5. The molecule has 3 fully saturated rings. The van der Waals surface area contributed by atoms with Crippen LogP contribution in [0.3, 0.4) is 0 Å². The molecule has 276 valence electrons. The molecule has 0 unspecified atom stereocenters. The van der Waals surface area contributed by atoms with E-state index in [1.807, 2.05) is 45.0 Å². The Hall–Kier alpha value is -3.67. The zero-order chi connectivity index (χ0) is 36.1. The molecule has 6 rings (SSSR count). The number of piperazine rings is 1. The van der Waals surface area contributed by atoms with Crippen LogP contribution < -0.4 is 10.1 Å². The average Bonchev–Trinajstić information content (AvgIpc) is 3.13. The third-order valence-electron chi connectivity index (χ3n) is 9.37. The Kier molecular flexibility index (Phi) is 14.6. The van der Waals surface area contributed by atoms with Gasteiger partial charge in [-0.1, -0.05) is 25.3 Å². The van der Waals surface area contributed by atoms with Crippen LogP contribution in [0.4, 0.5) is 9.18 Å². The first kappa shape index (κ1) is 38.6. The summed E-state index contributed by atoms with van der Waals surface area (Å²) in [4.78, 5) is 32.0.